The lowest BCUT2D eigenvalue weighted by Crippen LogP contribution is -2.37. The van der Waals surface area contributed by atoms with Gasteiger partial charge in [0.25, 0.3) is 0 Å². The number of hydrogen-bond donors (Lipinski definition) is 2. The number of aliphatic imine (C=N–C) groups is 1. The van der Waals surface area contributed by atoms with Gasteiger partial charge in [-0.3, -0.25) is 4.99 Å². The molecule has 168 valence electrons. The lowest BCUT2D eigenvalue weighted by atomic mass is 10.0. The first-order chi connectivity index (χ1) is 15.3. The first-order valence-corrected chi connectivity index (χ1v) is 11.2. The molecule has 0 aliphatic carbocycles. The van der Waals surface area contributed by atoms with Crippen molar-refractivity contribution in [2.45, 2.75) is 32.4 Å². The summed E-state index contributed by atoms with van der Waals surface area (Å²) in [4.78, 5) is 4.31. The third kappa shape index (κ3) is 8.99. The zero-order valence-electron chi connectivity index (χ0n) is 18.5. The molecular formula is C25H35N3O3. The maximum Gasteiger partial charge on any atom is 0.191 e. The van der Waals surface area contributed by atoms with E-state index in [1.165, 1.54) is 5.56 Å². The van der Waals surface area contributed by atoms with Crippen molar-refractivity contribution in [2.75, 3.05) is 40.0 Å². The van der Waals surface area contributed by atoms with Crippen molar-refractivity contribution < 1.29 is 14.2 Å². The Morgan fingerprint density at radius 3 is 2.65 bits per heavy atom. The number of rotatable bonds is 11. The van der Waals surface area contributed by atoms with Crippen LogP contribution in [0.25, 0.3) is 0 Å². The van der Waals surface area contributed by atoms with E-state index in [-0.39, 0.29) is 0 Å². The highest BCUT2D eigenvalue weighted by Gasteiger charge is 2.13. The molecule has 1 fully saturated rings. The molecular weight excluding hydrogens is 390 g/mol. The van der Waals surface area contributed by atoms with E-state index in [1.54, 1.807) is 7.05 Å². The molecule has 2 N–H and O–H groups in total. The molecule has 0 spiro atoms. The van der Waals surface area contributed by atoms with Crippen LogP contribution in [0.4, 0.5) is 0 Å². The van der Waals surface area contributed by atoms with Gasteiger partial charge in [0.2, 0.25) is 0 Å². The van der Waals surface area contributed by atoms with Gasteiger partial charge in [-0.2, -0.15) is 0 Å². The monoisotopic (exact) mass is 425 g/mol. The van der Waals surface area contributed by atoms with Crippen LogP contribution in [0.15, 0.2) is 59.6 Å². The van der Waals surface area contributed by atoms with E-state index in [0.717, 1.165) is 69.5 Å². The number of guanidine groups is 1. The maximum atomic E-state index is 5.84. The van der Waals surface area contributed by atoms with Crippen molar-refractivity contribution in [3.63, 3.8) is 0 Å². The van der Waals surface area contributed by atoms with E-state index in [0.29, 0.717) is 19.1 Å². The van der Waals surface area contributed by atoms with Crippen molar-refractivity contribution in [2.24, 2.45) is 10.9 Å². The Hall–Kier alpha value is -2.57. The first kappa shape index (κ1) is 23.1. The summed E-state index contributed by atoms with van der Waals surface area (Å²) in [5.41, 5.74) is 2.34. The van der Waals surface area contributed by atoms with Crippen LogP contribution in [0.1, 0.15) is 30.4 Å². The third-order valence-electron chi connectivity index (χ3n) is 5.28. The topological polar surface area (TPSA) is 64.1 Å². The van der Waals surface area contributed by atoms with Gasteiger partial charge < -0.3 is 24.8 Å². The minimum Gasteiger partial charge on any atom is -0.489 e. The van der Waals surface area contributed by atoms with Crippen LogP contribution < -0.4 is 15.4 Å². The largest absolute Gasteiger partial charge is 0.489 e. The molecule has 1 aliphatic heterocycles. The molecule has 0 bridgehead atoms. The number of hydrogen-bond acceptors (Lipinski definition) is 4. The fourth-order valence-electron chi connectivity index (χ4n) is 3.46. The van der Waals surface area contributed by atoms with E-state index in [9.17, 15) is 0 Å². The summed E-state index contributed by atoms with van der Waals surface area (Å²) in [7, 11) is 1.79. The van der Waals surface area contributed by atoms with E-state index >= 15 is 0 Å². The number of para-hydroxylation sites is 1. The number of benzene rings is 2. The van der Waals surface area contributed by atoms with Gasteiger partial charge in [0.15, 0.2) is 5.96 Å². The van der Waals surface area contributed by atoms with Gasteiger partial charge in [-0.05, 0) is 48.4 Å². The molecule has 31 heavy (non-hydrogen) atoms. The molecule has 1 heterocycles. The third-order valence-corrected chi connectivity index (χ3v) is 5.28. The summed E-state index contributed by atoms with van der Waals surface area (Å²) in [6.45, 7) is 5.46. The van der Waals surface area contributed by atoms with Crippen LogP contribution in [0.5, 0.6) is 5.75 Å². The zero-order valence-corrected chi connectivity index (χ0v) is 18.5. The van der Waals surface area contributed by atoms with Gasteiger partial charge >= 0.3 is 0 Å². The second-order valence-electron chi connectivity index (χ2n) is 7.76. The van der Waals surface area contributed by atoms with Crippen molar-refractivity contribution in [3.05, 3.63) is 65.7 Å². The Morgan fingerprint density at radius 1 is 1.03 bits per heavy atom. The summed E-state index contributed by atoms with van der Waals surface area (Å²) in [5, 5.41) is 6.73. The average Bonchev–Trinajstić information content (AvgIpc) is 2.83. The Morgan fingerprint density at radius 2 is 1.84 bits per heavy atom. The van der Waals surface area contributed by atoms with Gasteiger partial charge in [-0.1, -0.05) is 42.5 Å². The van der Waals surface area contributed by atoms with Crippen molar-refractivity contribution in [3.8, 4) is 5.75 Å². The Labute approximate surface area is 186 Å². The molecule has 0 saturated carbocycles. The molecule has 0 radical (unpaired) electrons. The van der Waals surface area contributed by atoms with Gasteiger partial charge in [-0.15, -0.1) is 0 Å². The quantitative estimate of drug-likeness (QED) is 0.326. The van der Waals surface area contributed by atoms with Gasteiger partial charge in [0.05, 0.1) is 0 Å². The van der Waals surface area contributed by atoms with E-state index in [4.69, 9.17) is 14.2 Å². The van der Waals surface area contributed by atoms with Crippen molar-refractivity contribution in [1.29, 1.82) is 0 Å². The lowest BCUT2D eigenvalue weighted by molar-refractivity contribution is 0.0203. The minimum absolute atomic E-state index is 0.554. The van der Waals surface area contributed by atoms with Crippen LogP contribution in [0.2, 0.25) is 0 Å². The van der Waals surface area contributed by atoms with Crippen molar-refractivity contribution >= 4 is 5.96 Å². The number of nitrogens with zero attached hydrogens (tertiary/aromatic N) is 1. The molecule has 0 unspecified atom stereocenters. The molecule has 1 aliphatic rings. The fraction of sp³-hybridized carbons (Fsp3) is 0.480. The van der Waals surface area contributed by atoms with Gasteiger partial charge in [0, 0.05) is 46.6 Å². The Bertz CT molecular complexity index is 777. The van der Waals surface area contributed by atoms with E-state index in [1.807, 2.05) is 30.3 Å². The highest BCUT2D eigenvalue weighted by Crippen LogP contribution is 2.15. The highest BCUT2D eigenvalue weighted by molar-refractivity contribution is 5.79. The summed E-state index contributed by atoms with van der Waals surface area (Å²) in [6, 6.07) is 18.3. The van der Waals surface area contributed by atoms with Crippen LogP contribution in [0, 0.1) is 5.92 Å². The molecule has 6 nitrogen and oxygen atoms in total. The summed E-state index contributed by atoms with van der Waals surface area (Å²) < 4.78 is 17.0. The van der Waals surface area contributed by atoms with E-state index in [2.05, 4.69) is 39.9 Å². The molecule has 6 heteroatoms. The SMILES string of the molecule is CN=C(NCCCOCC1CCOCC1)NCc1cccc(COc2ccccc2)c1. The molecule has 0 amide bonds. The van der Waals surface area contributed by atoms with Crippen LogP contribution in [-0.4, -0.2) is 46.0 Å². The Kier molecular flexibility index (Phi) is 10.2. The minimum atomic E-state index is 0.554. The average molecular weight is 426 g/mol. The number of nitrogens with one attached hydrogen (secondary N) is 2. The highest BCUT2D eigenvalue weighted by atomic mass is 16.5. The first-order valence-electron chi connectivity index (χ1n) is 11.2. The summed E-state index contributed by atoms with van der Waals surface area (Å²) in [5.74, 6) is 2.34. The number of ether oxygens (including phenoxy) is 3. The summed E-state index contributed by atoms with van der Waals surface area (Å²) >= 11 is 0. The second kappa shape index (κ2) is 13.7. The second-order valence-corrected chi connectivity index (χ2v) is 7.76. The molecule has 0 atom stereocenters. The van der Waals surface area contributed by atoms with Gasteiger partial charge in [0.1, 0.15) is 12.4 Å². The van der Waals surface area contributed by atoms with Gasteiger partial charge in [-0.25, -0.2) is 0 Å². The molecule has 1 saturated heterocycles. The smallest absolute Gasteiger partial charge is 0.191 e. The van der Waals surface area contributed by atoms with Crippen molar-refractivity contribution in [1.82, 2.24) is 10.6 Å². The molecule has 3 rings (SSSR count). The molecule has 0 aromatic heterocycles. The fourth-order valence-corrected chi connectivity index (χ4v) is 3.46. The standard InChI is InChI=1S/C25H35N3O3/c1-26-25(27-13-6-14-30-19-21-11-15-29-16-12-21)28-18-22-7-5-8-23(17-22)20-31-24-9-3-2-4-10-24/h2-5,7-10,17,21H,6,11-16,18-20H2,1H3,(H2,26,27,28). The molecule has 2 aromatic carbocycles. The van der Waals surface area contributed by atoms with E-state index < -0.39 is 0 Å². The normalized spacial score (nSPS) is 14.9. The Balaban J connectivity index is 1.30. The summed E-state index contributed by atoms with van der Waals surface area (Å²) in [6.07, 6.45) is 3.19. The predicted octanol–water partition coefficient (Wildman–Crippen LogP) is 3.76. The predicted molar refractivity (Wildman–Crippen MR) is 124 cm³/mol. The van der Waals surface area contributed by atoms with Crippen LogP contribution in [0.3, 0.4) is 0 Å². The maximum absolute atomic E-state index is 5.84. The van der Waals surface area contributed by atoms with Crippen LogP contribution >= 0.6 is 0 Å². The zero-order chi connectivity index (χ0) is 21.6. The molecule has 2 aromatic rings. The van der Waals surface area contributed by atoms with Crippen LogP contribution in [-0.2, 0) is 22.6 Å². The lowest BCUT2D eigenvalue weighted by Gasteiger charge is -2.21.